The van der Waals surface area contributed by atoms with Gasteiger partial charge in [-0.2, -0.15) is 0 Å². The van der Waals surface area contributed by atoms with E-state index in [9.17, 15) is 0 Å². The average Bonchev–Trinajstić information content (AvgIpc) is 2.18. The maximum Gasteiger partial charge on any atom is 0.153 e. The highest BCUT2D eigenvalue weighted by Gasteiger charge is 2.20. The van der Waals surface area contributed by atoms with Crippen molar-refractivity contribution in [1.29, 1.82) is 0 Å². The highest BCUT2D eigenvalue weighted by atomic mass is 35.5. The summed E-state index contributed by atoms with van der Waals surface area (Å²) in [5, 5.41) is 0. The maximum atomic E-state index is 6.18. The molecule has 0 aliphatic rings. The van der Waals surface area contributed by atoms with Gasteiger partial charge in [0.05, 0.1) is 16.3 Å². The zero-order valence-electron chi connectivity index (χ0n) is 9.03. The Bertz CT molecular complexity index is 547. The first-order valence-corrected chi connectivity index (χ1v) is 5.13. The minimum Gasteiger partial charge on any atom is -0.397 e. The van der Waals surface area contributed by atoms with Gasteiger partial charge in [-0.15, -0.1) is 11.6 Å². The molecule has 0 bridgehead atoms. The van der Waals surface area contributed by atoms with E-state index in [2.05, 4.69) is 15.0 Å². The molecule has 0 amide bonds. The van der Waals surface area contributed by atoms with Crippen LogP contribution in [0.5, 0.6) is 0 Å². The van der Waals surface area contributed by atoms with E-state index in [0.29, 0.717) is 28.2 Å². The third-order valence-corrected chi connectivity index (χ3v) is 2.45. The minimum absolute atomic E-state index is 0.305. The molecule has 0 saturated heterocycles. The number of hydrogen-bond donors (Lipinski definition) is 2. The van der Waals surface area contributed by atoms with Crippen LogP contribution in [0.2, 0.25) is 0 Å². The second-order valence-corrected chi connectivity index (χ2v) is 4.97. The number of fused-ring (bicyclic) bond motifs is 1. The van der Waals surface area contributed by atoms with E-state index in [1.54, 1.807) is 6.07 Å². The van der Waals surface area contributed by atoms with Crippen LogP contribution in [0.3, 0.4) is 0 Å². The molecule has 0 fully saturated rings. The summed E-state index contributed by atoms with van der Waals surface area (Å²) in [6, 6.07) is 1.71. The third kappa shape index (κ3) is 1.74. The lowest BCUT2D eigenvalue weighted by Gasteiger charge is -2.16. The van der Waals surface area contributed by atoms with Crippen molar-refractivity contribution in [1.82, 2.24) is 15.0 Å². The van der Waals surface area contributed by atoms with Crippen molar-refractivity contribution in [2.45, 2.75) is 18.7 Å². The lowest BCUT2D eigenvalue weighted by atomic mass is 10.1. The average molecular weight is 238 g/mol. The molecule has 0 spiro atoms. The van der Waals surface area contributed by atoms with Crippen molar-refractivity contribution >= 4 is 34.1 Å². The summed E-state index contributed by atoms with van der Waals surface area (Å²) in [7, 11) is 0. The van der Waals surface area contributed by atoms with Crippen LogP contribution in [0, 0.1) is 0 Å². The van der Waals surface area contributed by atoms with Crippen molar-refractivity contribution in [3.05, 3.63) is 18.1 Å². The van der Waals surface area contributed by atoms with Gasteiger partial charge >= 0.3 is 0 Å². The van der Waals surface area contributed by atoms with Crippen molar-refractivity contribution in [2.24, 2.45) is 0 Å². The fourth-order valence-corrected chi connectivity index (χ4v) is 1.48. The number of rotatable bonds is 1. The number of nitrogens with two attached hydrogens (primary N) is 2. The van der Waals surface area contributed by atoms with Gasteiger partial charge in [-0.05, 0) is 19.9 Å². The molecule has 2 rings (SSSR count). The Labute approximate surface area is 97.8 Å². The highest BCUT2D eigenvalue weighted by molar-refractivity contribution is 6.23. The Morgan fingerprint density at radius 3 is 2.50 bits per heavy atom. The SMILES string of the molecule is CC(C)(Cl)c1cc(N)c2ncnc(N)c2n1. The molecule has 0 aromatic carbocycles. The standard InChI is InChI=1S/C10H12ClN5/c1-10(2,11)6-3-5(12)7-8(16-6)9(13)15-4-14-7/h3-4H,1-2H3,(H2,12,16)(H2,13,14,15). The summed E-state index contributed by atoms with van der Waals surface area (Å²) in [5.74, 6) is 0.305. The van der Waals surface area contributed by atoms with Gasteiger partial charge in [0.2, 0.25) is 0 Å². The monoisotopic (exact) mass is 237 g/mol. The molecule has 2 aromatic heterocycles. The molecule has 4 N–H and O–H groups in total. The molecule has 0 aliphatic carbocycles. The first-order valence-electron chi connectivity index (χ1n) is 4.75. The van der Waals surface area contributed by atoms with Crippen LogP contribution in [-0.4, -0.2) is 15.0 Å². The van der Waals surface area contributed by atoms with Gasteiger partial charge in [0.1, 0.15) is 17.4 Å². The summed E-state index contributed by atoms with van der Waals surface area (Å²) >= 11 is 6.18. The molecule has 0 saturated carbocycles. The molecule has 0 aliphatic heterocycles. The van der Waals surface area contributed by atoms with Crippen molar-refractivity contribution in [3.63, 3.8) is 0 Å². The van der Waals surface area contributed by atoms with E-state index in [1.165, 1.54) is 6.33 Å². The molecule has 0 radical (unpaired) electrons. The van der Waals surface area contributed by atoms with Gasteiger partial charge < -0.3 is 11.5 Å². The number of halogens is 1. The highest BCUT2D eigenvalue weighted by Crippen LogP contribution is 2.30. The van der Waals surface area contributed by atoms with Crippen LogP contribution >= 0.6 is 11.6 Å². The van der Waals surface area contributed by atoms with E-state index in [4.69, 9.17) is 23.1 Å². The van der Waals surface area contributed by atoms with Gasteiger partial charge in [-0.25, -0.2) is 15.0 Å². The van der Waals surface area contributed by atoms with Crippen LogP contribution < -0.4 is 11.5 Å². The molecule has 2 heterocycles. The second-order valence-electron chi connectivity index (χ2n) is 4.03. The summed E-state index contributed by atoms with van der Waals surface area (Å²) in [6.07, 6.45) is 1.36. The van der Waals surface area contributed by atoms with Crippen LogP contribution in [0.4, 0.5) is 11.5 Å². The Hall–Kier alpha value is -1.62. The van der Waals surface area contributed by atoms with Crippen molar-refractivity contribution in [2.75, 3.05) is 11.5 Å². The van der Waals surface area contributed by atoms with Gasteiger partial charge in [0.25, 0.3) is 0 Å². The zero-order chi connectivity index (χ0) is 11.9. The predicted octanol–water partition coefficient (Wildman–Crippen LogP) is 1.66. The molecule has 5 nitrogen and oxygen atoms in total. The lowest BCUT2D eigenvalue weighted by Crippen LogP contribution is -2.12. The molecule has 16 heavy (non-hydrogen) atoms. The van der Waals surface area contributed by atoms with E-state index < -0.39 is 4.87 Å². The Morgan fingerprint density at radius 1 is 1.19 bits per heavy atom. The number of anilines is 2. The number of nitrogens with zero attached hydrogens (tertiary/aromatic N) is 3. The van der Waals surface area contributed by atoms with Gasteiger partial charge in [-0.3, -0.25) is 0 Å². The quantitative estimate of drug-likeness (QED) is 0.736. The van der Waals surface area contributed by atoms with Crippen LogP contribution in [0.25, 0.3) is 11.0 Å². The van der Waals surface area contributed by atoms with Gasteiger partial charge in [0.15, 0.2) is 5.82 Å². The van der Waals surface area contributed by atoms with E-state index in [0.717, 1.165) is 0 Å². The molecule has 2 aromatic rings. The Balaban J connectivity index is 2.81. The smallest absolute Gasteiger partial charge is 0.153 e. The van der Waals surface area contributed by atoms with E-state index in [1.807, 2.05) is 13.8 Å². The first kappa shape index (κ1) is 10.9. The first-order chi connectivity index (χ1) is 7.39. The summed E-state index contributed by atoms with van der Waals surface area (Å²) in [4.78, 5) is 11.7. The Kier molecular flexibility index (Phi) is 2.35. The van der Waals surface area contributed by atoms with E-state index >= 15 is 0 Å². The van der Waals surface area contributed by atoms with Crippen LogP contribution in [0.15, 0.2) is 12.4 Å². The predicted molar refractivity (Wildman–Crippen MR) is 65.0 cm³/mol. The third-order valence-electron chi connectivity index (χ3n) is 2.26. The summed E-state index contributed by atoms with van der Waals surface area (Å²) in [5.41, 5.74) is 13.8. The minimum atomic E-state index is -0.607. The zero-order valence-corrected chi connectivity index (χ0v) is 9.78. The van der Waals surface area contributed by atoms with Crippen LogP contribution in [0.1, 0.15) is 19.5 Å². The van der Waals surface area contributed by atoms with Crippen molar-refractivity contribution in [3.8, 4) is 0 Å². The summed E-state index contributed by atoms with van der Waals surface area (Å²) in [6.45, 7) is 3.67. The second kappa shape index (κ2) is 3.45. The number of hydrogen-bond acceptors (Lipinski definition) is 5. The molecule has 6 heteroatoms. The van der Waals surface area contributed by atoms with E-state index in [-0.39, 0.29) is 0 Å². The number of aromatic nitrogens is 3. The molecule has 0 atom stereocenters. The fourth-order valence-electron chi connectivity index (χ4n) is 1.39. The normalized spacial score (nSPS) is 11.9. The largest absolute Gasteiger partial charge is 0.397 e. The molecule has 0 unspecified atom stereocenters. The number of pyridine rings is 1. The maximum absolute atomic E-state index is 6.18. The molecule has 84 valence electrons. The van der Waals surface area contributed by atoms with Gasteiger partial charge in [-0.1, -0.05) is 0 Å². The molecular weight excluding hydrogens is 226 g/mol. The van der Waals surface area contributed by atoms with Gasteiger partial charge in [0, 0.05) is 0 Å². The fraction of sp³-hybridized carbons (Fsp3) is 0.300. The number of alkyl halides is 1. The van der Waals surface area contributed by atoms with Crippen molar-refractivity contribution < 1.29 is 0 Å². The summed E-state index contributed by atoms with van der Waals surface area (Å²) < 4.78 is 0. The lowest BCUT2D eigenvalue weighted by molar-refractivity contribution is 0.737. The molecular formula is C10H12ClN5. The number of nitrogen functional groups attached to an aromatic ring is 2. The topological polar surface area (TPSA) is 90.7 Å². The van der Waals surface area contributed by atoms with Crippen LogP contribution in [-0.2, 0) is 4.87 Å². The Morgan fingerprint density at radius 2 is 1.88 bits per heavy atom.